The molecule has 0 heterocycles. The van der Waals surface area contributed by atoms with Gasteiger partial charge in [0.2, 0.25) is 0 Å². The van der Waals surface area contributed by atoms with Crippen LogP contribution in [-0.2, 0) is 29.5 Å². The minimum absolute atomic E-state index is 0. The smallest absolute Gasteiger partial charge is 2.00 e. The Morgan fingerprint density at radius 3 is 1.74 bits per heavy atom. The Labute approximate surface area is 168 Å². The minimum Gasteiger partial charge on any atom is -2.00 e. The number of hydrogen-bond acceptors (Lipinski definition) is 5. The fraction of sp³-hybridized carbons (Fsp3) is 0. The molecule has 8 heteroatoms. The van der Waals surface area contributed by atoms with E-state index in [1.807, 2.05) is 6.07 Å². The summed E-state index contributed by atoms with van der Waals surface area (Å²) < 4.78 is 0. The van der Waals surface area contributed by atoms with Crippen molar-refractivity contribution in [1.29, 1.82) is 0 Å². The van der Waals surface area contributed by atoms with Crippen LogP contribution in [0.1, 0.15) is 5.56 Å². The molecule has 0 saturated heterocycles. The second-order valence-corrected chi connectivity index (χ2v) is 4.95. The van der Waals surface area contributed by atoms with Crippen LogP contribution in [0.15, 0.2) is 88.0 Å². The zero-order valence-corrected chi connectivity index (χ0v) is 15.5. The van der Waals surface area contributed by atoms with Crippen LogP contribution in [0, 0.1) is 0 Å². The van der Waals surface area contributed by atoms with Crippen LogP contribution in [0.5, 0.6) is 11.5 Å². The van der Waals surface area contributed by atoms with E-state index in [1.54, 1.807) is 54.6 Å². The molecule has 0 unspecified atom stereocenters. The van der Waals surface area contributed by atoms with Crippen LogP contribution in [0.25, 0.3) is 0 Å². The number of azo groups is 1. The van der Waals surface area contributed by atoms with E-state index in [-0.39, 0.29) is 46.7 Å². The third-order valence-electron chi connectivity index (χ3n) is 3.27. The van der Waals surface area contributed by atoms with Crippen molar-refractivity contribution >= 4 is 23.3 Å². The molecule has 0 aliphatic heterocycles. The van der Waals surface area contributed by atoms with Gasteiger partial charge in [-0.1, -0.05) is 60.3 Å². The second-order valence-electron chi connectivity index (χ2n) is 4.95. The number of aliphatic imine (C=N–C) groups is 1. The van der Waals surface area contributed by atoms with Gasteiger partial charge in [0.15, 0.2) is 0 Å². The summed E-state index contributed by atoms with van der Waals surface area (Å²) in [7, 11) is 0. The molecule has 3 aromatic carbocycles. The number of rotatable bonds is 4. The summed E-state index contributed by atoms with van der Waals surface area (Å²) >= 11 is 0. The number of para-hydroxylation sites is 3. The molecular formula is C19H16N3O4V+. The van der Waals surface area contributed by atoms with Gasteiger partial charge in [0.1, 0.15) is 5.69 Å². The van der Waals surface area contributed by atoms with Gasteiger partial charge in [-0.3, -0.25) is 4.99 Å². The molecule has 7 nitrogen and oxygen atoms in total. The molecule has 0 aliphatic rings. The van der Waals surface area contributed by atoms with Crippen LogP contribution >= 0.6 is 0 Å². The summed E-state index contributed by atoms with van der Waals surface area (Å²) in [5.41, 5.74) is 1.84. The summed E-state index contributed by atoms with van der Waals surface area (Å²) in [6, 6.07) is 20.2. The topological polar surface area (TPSA) is 145 Å². The predicted molar refractivity (Wildman–Crippen MR) is 95.2 cm³/mol. The Bertz CT molecular complexity index is 842. The van der Waals surface area contributed by atoms with Gasteiger partial charge < -0.3 is 21.2 Å². The number of nitrogens with zero attached hydrogens (tertiary/aromatic N) is 3. The van der Waals surface area contributed by atoms with Gasteiger partial charge in [-0.2, -0.15) is 5.11 Å². The molecular weight excluding hydrogens is 385 g/mol. The van der Waals surface area contributed by atoms with Crippen molar-refractivity contribution in [2.45, 2.75) is 0 Å². The Balaban J connectivity index is 0.00000225. The van der Waals surface area contributed by atoms with Crippen molar-refractivity contribution in [2.24, 2.45) is 15.2 Å². The van der Waals surface area contributed by atoms with E-state index in [2.05, 4.69) is 15.2 Å². The predicted octanol–water partition coefficient (Wildman–Crippen LogP) is 2.96. The van der Waals surface area contributed by atoms with Gasteiger partial charge in [0.05, 0.1) is 11.4 Å². The Kier molecular flexibility index (Phi) is 10.3. The van der Waals surface area contributed by atoms with Crippen molar-refractivity contribution < 1.29 is 39.7 Å². The van der Waals surface area contributed by atoms with E-state index in [0.717, 1.165) is 0 Å². The minimum atomic E-state index is -0.192. The van der Waals surface area contributed by atoms with Gasteiger partial charge in [-0.15, -0.1) is 10.9 Å². The quantitative estimate of drug-likeness (QED) is 0.376. The monoisotopic (exact) mass is 401 g/mol. The van der Waals surface area contributed by atoms with Crippen molar-refractivity contribution in [3.63, 3.8) is 0 Å². The normalized spacial score (nSPS) is 10.1. The summed E-state index contributed by atoms with van der Waals surface area (Å²) in [5.74, 6) is -0.289. The fourth-order valence-corrected chi connectivity index (χ4v) is 2.03. The maximum absolute atomic E-state index is 11.7. The molecule has 135 valence electrons. The summed E-state index contributed by atoms with van der Waals surface area (Å²) in [5, 5.41) is 31.5. The number of benzene rings is 3. The summed E-state index contributed by atoms with van der Waals surface area (Å²) in [4.78, 5) is 4.32. The van der Waals surface area contributed by atoms with Crippen molar-refractivity contribution in [1.82, 2.24) is 0 Å². The zero-order valence-electron chi connectivity index (χ0n) is 14.1. The molecule has 0 spiro atoms. The molecule has 0 amide bonds. The van der Waals surface area contributed by atoms with Crippen molar-refractivity contribution in [3.8, 4) is 11.5 Å². The average Bonchev–Trinajstić information content (AvgIpc) is 2.61. The van der Waals surface area contributed by atoms with E-state index < -0.39 is 0 Å². The molecule has 0 atom stereocenters. The first-order chi connectivity index (χ1) is 11.7. The standard InChI is InChI=1S/C19H15N3O2.H2O.O.V/c23-18-11-5-1-7-14(18)13-20-15-8-2-3-9-16(15)21-22-17-10-4-6-12-19(17)24;;;/h1-13,23-24H;1H2;;/q;;-2;+4/p-1. The first-order valence-corrected chi connectivity index (χ1v) is 7.31. The van der Waals surface area contributed by atoms with Crippen LogP contribution in [0.3, 0.4) is 0 Å². The van der Waals surface area contributed by atoms with Crippen LogP contribution < -0.4 is 10.2 Å². The summed E-state index contributed by atoms with van der Waals surface area (Å²) in [6.07, 6.45) is 1.50. The molecule has 1 radical (unpaired) electrons. The largest absolute Gasteiger partial charge is 4.00 e. The number of hydrogen-bond donors (Lipinski definition) is 0. The van der Waals surface area contributed by atoms with E-state index in [0.29, 0.717) is 16.9 Å². The van der Waals surface area contributed by atoms with E-state index >= 15 is 0 Å². The maximum Gasteiger partial charge on any atom is 4.00 e. The maximum atomic E-state index is 11.7. The van der Waals surface area contributed by atoms with Gasteiger partial charge in [-0.05, 0) is 23.8 Å². The van der Waals surface area contributed by atoms with E-state index in [4.69, 9.17) is 0 Å². The fourth-order valence-electron chi connectivity index (χ4n) is 2.03. The molecule has 3 rings (SSSR count). The van der Waals surface area contributed by atoms with Gasteiger partial charge in [0, 0.05) is 6.21 Å². The summed E-state index contributed by atoms with van der Waals surface area (Å²) in [6.45, 7) is 0. The third-order valence-corrected chi connectivity index (χ3v) is 3.27. The first-order valence-electron chi connectivity index (χ1n) is 7.31. The van der Waals surface area contributed by atoms with Crippen LogP contribution in [0.2, 0.25) is 0 Å². The molecule has 3 aromatic rings. The van der Waals surface area contributed by atoms with Crippen molar-refractivity contribution in [3.05, 3.63) is 78.4 Å². The Morgan fingerprint density at radius 2 is 1.11 bits per heavy atom. The molecule has 0 fully saturated rings. The first kappa shape index (κ1) is 24.0. The average molecular weight is 401 g/mol. The SMILES string of the molecule is [O-2].[O-]c1ccccc1C=Nc1ccccc1N=Nc1ccccc1[O-].[OH3+].[V+4]. The third kappa shape index (κ3) is 6.36. The van der Waals surface area contributed by atoms with Crippen LogP contribution in [-0.4, -0.2) is 6.21 Å². The molecule has 0 aliphatic carbocycles. The zero-order chi connectivity index (χ0) is 16.8. The van der Waals surface area contributed by atoms with E-state index in [9.17, 15) is 10.2 Å². The van der Waals surface area contributed by atoms with Crippen molar-refractivity contribution in [2.75, 3.05) is 0 Å². The Hall–Kier alpha value is -2.97. The molecule has 3 N–H and O–H groups in total. The molecule has 0 aromatic heterocycles. The van der Waals surface area contributed by atoms with Gasteiger partial charge in [-0.25, -0.2) is 0 Å². The van der Waals surface area contributed by atoms with Gasteiger partial charge in [0.25, 0.3) is 0 Å². The van der Waals surface area contributed by atoms with Gasteiger partial charge >= 0.3 is 18.6 Å². The molecule has 27 heavy (non-hydrogen) atoms. The van der Waals surface area contributed by atoms with E-state index in [1.165, 1.54) is 18.3 Å². The molecule has 0 bridgehead atoms. The van der Waals surface area contributed by atoms with Crippen LogP contribution in [0.4, 0.5) is 17.1 Å². The molecule has 0 saturated carbocycles. The Morgan fingerprint density at radius 1 is 0.630 bits per heavy atom. The second kappa shape index (κ2) is 11.6.